The Balaban J connectivity index is 2.34. The Morgan fingerprint density at radius 2 is 2.36 bits per heavy atom. The number of fused-ring (bicyclic) bond motifs is 1. The molecule has 0 amide bonds. The Morgan fingerprint density at radius 1 is 1.57 bits per heavy atom. The lowest BCUT2D eigenvalue weighted by molar-refractivity contribution is 0.447. The second kappa shape index (κ2) is 3.73. The predicted octanol–water partition coefficient (Wildman–Crippen LogP) is 1.42. The first-order valence-corrected chi connectivity index (χ1v) is 5.52. The molecule has 0 radical (unpaired) electrons. The molecule has 1 aromatic heterocycles. The van der Waals surface area contributed by atoms with Crippen LogP contribution in [0.3, 0.4) is 0 Å². The van der Waals surface area contributed by atoms with Crippen molar-refractivity contribution in [1.29, 1.82) is 0 Å². The maximum Gasteiger partial charge on any atom is 0.109 e. The minimum absolute atomic E-state index is 0.326. The van der Waals surface area contributed by atoms with E-state index in [0.29, 0.717) is 6.04 Å². The van der Waals surface area contributed by atoms with Crippen molar-refractivity contribution in [3.8, 4) is 0 Å². The molecule has 3 nitrogen and oxygen atoms in total. The molecule has 3 heteroatoms. The average Bonchev–Trinajstić information content (AvgIpc) is 2.44. The maximum absolute atomic E-state index is 5.98. The van der Waals surface area contributed by atoms with Gasteiger partial charge in [0.25, 0.3) is 0 Å². The molecule has 0 fully saturated rings. The summed E-state index contributed by atoms with van der Waals surface area (Å²) >= 11 is 0. The molecule has 2 rings (SSSR count). The number of nitrogens with zero attached hydrogens (tertiary/aromatic N) is 2. The molecular weight excluding hydrogens is 174 g/mol. The van der Waals surface area contributed by atoms with Gasteiger partial charge >= 0.3 is 0 Å². The Bertz CT molecular complexity index is 328. The van der Waals surface area contributed by atoms with E-state index in [9.17, 15) is 0 Å². The normalized spacial score (nSPS) is 20.9. The van der Waals surface area contributed by atoms with Crippen molar-refractivity contribution in [2.24, 2.45) is 5.73 Å². The van der Waals surface area contributed by atoms with Crippen LogP contribution in [0.4, 0.5) is 0 Å². The van der Waals surface area contributed by atoms with E-state index in [0.717, 1.165) is 32.2 Å². The number of hydrogen-bond donors (Lipinski definition) is 1. The van der Waals surface area contributed by atoms with Crippen LogP contribution in [0.2, 0.25) is 0 Å². The third-order valence-corrected chi connectivity index (χ3v) is 2.99. The summed E-state index contributed by atoms with van der Waals surface area (Å²) in [6.07, 6.45) is 4.44. The number of hydrogen-bond acceptors (Lipinski definition) is 2. The second-order valence-corrected chi connectivity index (χ2v) is 4.22. The Labute approximate surface area is 85.3 Å². The number of rotatable bonds is 2. The average molecular weight is 193 g/mol. The summed E-state index contributed by atoms with van der Waals surface area (Å²) in [6.45, 7) is 5.27. The lowest BCUT2D eigenvalue weighted by Crippen LogP contribution is -2.32. The molecule has 2 heterocycles. The van der Waals surface area contributed by atoms with Crippen LogP contribution in [-0.4, -0.2) is 15.6 Å². The van der Waals surface area contributed by atoms with E-state index in [2.05, 4.69) is 23.4 Å². The van der Waals surface area contributed by atoms with Crippen LogP contribution in [-0.2, 0) is 19.4 Å². The van der Waals surface area contributed by atoms with Crippen molar-refractivity contribution >= 4 is 0 Å². The molecule has 14 heavy (non-hydrogen) atoms. The number of nitrogens with two attached hydrogens (primary N) is 1. The zero-order chi connectivity index (χ0) is 10.1. The fourth-order valence-corrected chi connectivity index (χ4v) is 2.26. The van der Waals surface area contributed by atoms with E-state index in [1.54, 1.807) is 0 Å². The molecule has 0 aromatic carbocycles. The molecule has 1 atom stereocenters. The highest BCUT2D eigenvalue weighted by atomic mass is 15.1. The van der Waals surface area contributed by atoms with E-state index in [1.807, 2.05) is 0 Å². The molecular formula is C11H19N3. The van der Waals surface area contributed by atoms with Gasteiger partial charge in [-0.05, 0) is 26.2 Å². The summed E-state index contributed by atoms with van der Waals surface area (Å²) in [4.78, 5) is 4.62. The highest BCUT2D eigenvalue weighted by Gasteiger charge is 2.20. The SMILES string of the molecule is CCCc1nc(C)c2n1CC(N)CC2. The standard InChI is InChI=1S/C11H19N3/c1-3-4-11-13-8(2)10-6-5-9(12)7-14(10)11/h9H,3-7,12H2,1-2H3. The summed E-state index contributed by atoms with van der Waals surface area (Å²) < 4.78 is 2.34. The van der Waals surface area contributed by atoms with Crippen molar-refractivity contribution < 1.29 is 0 Å². The van der Waals surface area contributed by atoms with Gasteiger partial charge in [-0.15, -0.1) is 0 Å². The van der Waals surface area contributed by atoms with Gasteiger partial charge in [-0.25, -0.2) is 4.98 Å². The van der Waals surface area contributed by atoms with Gasteiger partial charge in [0.2, 0.25) is 0 Å². The first-order chi connectivity index (χ1) is 6.72. The van der Waals surface area contributed by atoms with Gasteiger partial charge in [0.1, 0.15) is 5.82 Å². The number of aryl methyl sites for hydroxylation is 2. The summed E-state index contributed by atoms with van der Waals surface area (Å²) in [7, 11) is 0. The van der Waals surface area contributed by atoms with Gasteiger partial charge in [0, 0.05) is 24.7 Å². The van der Waals surface area contributed by atoms with Crippen LogP contribution in [0.1, 0.15) is 37.0 Å². The van der Waals surface area contributed by atoms with E-state index in [4.69, 9.17) is 5.73 Å². The number of imidazole rings is 1. The lowest BCUT2D eigenvalue weighted by atomic mass is 10.0. The van der Waals surface area contributed by atoms with Gasteiger partial charge in [-0.3, -0.25) is 0 Å². The summed E-state index contributed by atoms with van der Waals surface area (Å²) in [5.41, 5.74) is 8.60. The van der Waals surface area contributed by atoms with Crippen molar-refractivity contribution in [3.63, 3.8) is 0 Å². The minimum atomic E-state index is 0.326. The van der Waals surface area contributed by atoms with Crippen LogP contribution in [0, 0.1) is 6.92 Å². The van der Waals surface area contributed by atoms with Gasteiger partial charge in [-0.1, -0.05) is 6.92 Å². The summed E-state index contributed by atoms with van der Waals surface area (Å²) in [6, 6.07) is 0.326. The van der Waals surface area contributed by atoms with E-state index in [1.165, 1.54) is 17.2 Å². The summed E-state index contributed by atoms with van der Waals surface area (Å²) in [5, 5.41) is 0. The molecule has 0 bridgehead atoms. The van der Waals surface area contributed by atoms with Gasteiger partial charge in [-0.2, -0.15) is 0 Å². The zero-order valence-electron chi connectivity index (χ0n) is 9.08. The van der Waals surface area contributed by atoms with Crippen LogP contribution < -0.4 is 5.73 Å². The second-order valence-electron chi connectivity index (χ2n) is 4.22. The molecule has 1 unspecified atom stereocenters. The fraction of sp³-hybridized carbons (Fsp3) is 0.727. The Morgan fingerprint density at radius 3 is 3.07 bits per heavy atom. The molecule has 78 valence electrons. The molecule has 0 aliphatic carbocycles. The van der Waals surface area contributed by atoms with Crippen LogP contribution in [0.25, 0.3) is 0 Å². The molecule has 0 saturated heterocycles. The molecule has 2 N–H and O–H groups in total. The highest BCUT2D eigenvalue weighted by molar-refractivity contribution is 5.18. The molecule has 0 spiro atoms. The smallest absolute Gasteiger partial charge is 0.109 e. The summed E-state index contributed by atoms with van der Waals surface area (Å²) in [5.74, 6) is 1.23. The highest BCUT2D eigenvalue weighted by Crippen LogP contribution is 2.20. The third-order valence-electron chi connectivity index (χ3n) is 2.99. The monoisotopic (exact) mass is 193 g/mol. The van der Waals surface area contributed by atoms with E-state index in [-0.39, 0.29) is 0 Å². The minimum Gasteiger partial charge on any atom is -0.330 e. The Kier molecular flexibility index (Phi) is 2.59. The van der Waals surface area contributed by atoms with Crippen LogP contribution >= 0.6 is 0 Å². The first-order valence-electron chi connectivity index (χ1n) is 5.52. The van der Waals surface area contributed by atoms with Crippen LogP contribution in [0.5, 0.6) is 0 Å². The van der Waals surface area contributed by atoms with Crippen molar-refractivity contribution in [1.82, 2.24) is 9.55 Å². The molecule has 1 aromatic rings. The topological polar surface area (TPSA) is 43.8 Å². The quantitative estimate of drug-likeness (QED) is 0.772. The van der Waals surface area contributed by atoms with E-state index >= 15 is 0 Å². The van der Waals surface area contributed by atoms with Crippen molar-refractivity contribution in [3.05, 3.63) is 17.2 Å². The van der Waals surface area contributed by atoms with Gasteiger partial charge in [0.15, 0.2) is 0 Å². The maximum atomic E-state index is 5.98. The first kappa shape index (κ1) is 9.71. The molecule has 0 saturated carbocycles. The molecule has 1 aliphatic heterocycles. The number of aromatic nitrogens is 2. The third kappa shape index (κ3) is 1.57. The fourth-order valence-electron chi connectivity index (χ4n) is 2.26. The molecule has 1 aliphatic rings. The lowest BCUT2D eigenvalue weighted by Gasteiger charge is -2.22. The van der Waals surface area contributed by atoms with Crippen LogP contribution in [0.15, 0.2) is 0 Å². The van der Waals surface area contributed by atoms with Crippen molar-refractivity contribution in [2.75, 3.05) is 0 Å². The van der Waals surface area contributed by atoms with Gasteiger partial charge < -0.3 is 10.3 Å². The predicted molar refractivity (Wildman–Crippen MR) is 57.3 cm³/mol. The van der Waals surface area contributed by atoms with Gasteiger partial charge in [0.05, 0.1) is 5.69 Å². The largest absolute Gasteiger partial charge is 0.330 e. The zero-order valence-corrected chi connectivity index (χ0v) is 9.08. The Hall–Kier alpha value is -0.830. The van der Waals surface area contributed by atoms with Crippen molar-refractivity contribution in [2.45, 2.75) is 52.1 Å². The van der Waals surface area contributed by atoms with E-state index < -0.39 is 0 Å².